The Morgan fingerprint density at radius 3 is 2.44 bits per heavy atom. The van der Waals surface area contributed by atoms with Crippen LogP contribution in [0.2, 0.25) is 0 Å². The second kappa shape index (κ2) is 8.02. The Labute approximate surface area is 112 Å². The monoisotopic (exact) mass is 276 g/mol. The average Bonchev–Trinajstić information content (AvgIpc) is 2.37. The summed E-state index contributed by atoms with van der Waals surface area (Å²) in [5.74, 6) is 4.17. The zero-order chi connectivity index (χ0) is 12.7. The molecule has 0 saturated carbocycles. The fraction of sp³-hybridized carbons (Fsp3) is 0.364. The number of nitrogens with two attached hydrogens (primary N) is 2. The van der Waals surface area contributed by atoms with Gasteiger partial charge in [-0.2, -0.15) is 0 Å². The van der Waals surface area contributed by atoms with Gasteiger partial charge in [0.2, 0.25) is 5.72 Å². The van der Waals surface area contributed by atoms with Gasteiger partial charge in [-0.25, -0.2) is 10.7 Å². The van der Waals surface area contributed by atoms with Gasteiger partial charge >= 0.3 is 5.97 Å². The molecule has 1 aromatic carbocycles. The van der Waals surface area contributed by atoms with Gasteiger partial charge in [-0.05, 0) is 5.56 Å². The summed E-state index contributed by atoms with van der Waals surface area (Å²) >= 11 is 0. The summed E-state index contributed by atoms with van der Waals surface area (Å²) in [6.07, 6.45) is 0. The first-order chi connectivity index (χ1) is 8.12. The molecule has 0 unspecified atom stereocenters. The number of hydrogen-bond acceptors (Lipinski definition) is 6. The number of hydrogen-bond donors (Lipinski definition) is 2. The fourth-order valence-electron chi connectivity index (χ4n) is 1.24. The van der Waals surface area contributed by atoms with E-state index in [2.05, 4.69) is 9.57 Å². The van der Waals surface area contributed by atoms with Gasteiger partial charge in [-0.1, -0.05) is 30.3 Å². The van der Waals surface area contributed by atoms with E-state index in [0.717, 1.165) is 5.56 Å². The smallest absolute Gasteiger partial charge is 0.356 e. The zero-order valence-electron chi connectivity index (χ0n) is 10.00. The predicted octanol–water partition coefficient (Wildman–Crippen LogP) is 0.343. The summed E-state index contributed by atoms with van der Waals surface area (Å²) in [5.41, 5.74) is 4.89. The van der Waals surface area contributed by atoms with Crippen molar-refractivity contribution < 1.29 is 19.1 Å². The lowest BCUT2D eigenvalue weighted by molar-refractivity contribution is -0.180. The van der Waals surface area contributed by atoms with Crippen molar-refractivity contribution in [3.05, 3.63) is 35.9 Å². The van der Waals surface area contributed by atoms with Crippen LogP contribution in [0.4, 0.5) is 0 Å². The Hall–Kier alpha value is -1.18. The second-order valence-corrected chi connectivity index (χ2v) is 3.47. The Morgan fingerprint density at radius 2 is 1.94 bits per heavy atom. The van der Waals surface area contributed by atoms with Gasteiger partial charge in [0, 0.05) is 0 Å². The number of carbonyl (C=O) groups excluding carboxylic acids is 1. The number of methoxy groups -OCH3 is 1. The van der Waals surface area contributed by atoms with E-state index in [1.54, 1.807) is 0 Å². The third kappa shape index (κ3) is 4.59. The van der Waals surface area contributed by atoms with Crippen molar-refractivity contribution in [3.63, 3.8) is 0 Å². The van der Waals surface area contributed by atoms with E-state index in [1.165, 1.54) is 7.11 Å². The molecule has 1 rings (SSSR count). The molecule has 0 radical (unpaired) electrons. The molecule has 0 aromatic heterocycles. The highest BCUT2D eigenvalue weighted by Crippen LogP contribution is 2.10. The molecule has 4 N–H and O–H groups in total. The molecule has 102 valence electrons. The number of ether oxygens (including phenoxy) is 2. The van der Waals surface area contributed by atoms with Gasteiger partial charge in [-0.3, -0.25) is 10.6 Å². The maximum Gasteiger partial charge on any atom is 0.356 e. The number of rotatable bonds is 6. The standard InChI is InChI=1S/C11H16N2O4.ClH/c1-15-10(14)11(12,8-17-13)16-7-9-5-3-2-4-6-9;/h2-6H,7-8,12-13H2,1H3;1H/t11-;/m0./s1. The van der Waals surface area contributed by atoms with Gasteiger partial charge in [0.05, 0.1) is 13.7 Å². The Balaban J connectivity index is 0.00000289. The van der Waals surface area contributed by atoms with E-state index in [1.807, 2.05) is 30.3 Å². The van der Waals surface area contributed by atoms with Crippen molar-refractivity contribution in [1.82, 2.24) is 0 Å². The third-order valence-electron chi connectivity index (χ3n) is 2.17. The molecule has 1 aromatic rings. The highest BCUT2D eigenvalue weighted by Gasteiger charge is 2.37. The molecule has 18 heavy (non-hydrogen) atoms. The van der Waals surface area contributed by atoms with E-state index < -0.39 is 11.7 Å². The molecule has 0 heterocycles. The topological polar surface area (TPSA) is 96.8 Å². The first-order valence-electron chi connectivity index (χ1n) is 4.99. The summed E-state index contributed by atoms with van der Waals surface area (Å²) in [5, 5.41) is 0. The maximum absolute atomic E-state index is 11.4. The lowest BCUT2D eigenvalue weighted by atomic mass is 10.2. The largest absolute Gasteiger partial charge is 0.466 e. The number of halogens is 1. The van der Waals surface area contributed by atoms with Crippen LogP contribution in [0.15, 0.2) is 30.3 Å². The van der Waals surface area contributed by atoms with Crippen molar-refractivity contribution in [2.45, 2.75) is 12.3 Å². The summed E-state index contributed by atoms with van der Waals surface area (Å²) in [6, 6.07) is 9.29. The van der Waals surface area contributed by atoms with E-state index in [4.69, 9.17) is 16.4 Å². The average molecular weight is 277 g/mol. The second-order valence-electron chi connectivity index (χ2n) is 3.47. The first kappa shape index (κ1) is 16.8. The van der Waals surface area contributed by atoms with E-state index in [9.17, 15) is 4.79 Å². The molecule has 0 spiro atoms. The van der Waals surface area contributed by atoms with Crippen molar-refractivity contribution in [2.24, 2.45) is 11.6 Å². The van der Waals surface area contributed by atoms with Gasteiger partial charge in [-0.15, -0.1) is 12.4 Å². The molecule has 0 bridgehead atoms. The Morgan fingerprint density at radius 1 is 1.33 bits per heavy atom. The summed E-state index contributed by atoms with van der Waals surface area (Å²) in [4.78, 5) is 15.8. The third-order valence-corrected chi connectivity index (χ3v) is 2.17. The number of benzene rings is 1. The normalized spacial score (nSPS) is 13.3. The lowest BCUT2D eigenvalue weighted by Crippen LogP contribution is -2.55. The minimum absolute atomic E-state index is 0. The van der Waals surface area contributed by atoms with Crippen LogP contribution >= 0.6 is 12.4 Å². The maximum atomic E-state index is 11.4. The predicted molar refractivity (Wildman–Crippen MR) is 67.6 cm³/mol. The van der Waals surface area contributed by atoms with Gasteiger partial charge in [0.25, 0.3) is 0 Å². The molecular weight excluding hydrogens is 260 g/mol. The van der Waals surface area contributed by atoms with E-state index >= 15 is 0 Å². The highest BCUT2D eigenvalue weighted by atomic mass is 35.5. The van der Waals surface area contributed by atoms with Gasteiger partial charge in [0.15, 0.2) is 0 Å². The molecule has 0 fully saturated rings. The molecule has 0 amide bonds. The minimum Gasteiger partial charge on any atom is -0.466 e. The van der Waals surface area contributed by atoms with Gasteiger partial charge < -0.3 is 9.47 Å². The molecule has 0 aliphatic carbocycles. The zero-order valence-corrected chi connectivity index (χ0v) is 10.8. The molecule has 0 aliphatic heterocycles. The summed E-state index contributed by atoms with van der Waals surface area (Å²) in [6.45, 7) is -0.123. The fourth-order valence-corrected chi connectivity index (χ4v) is 1.24. The Kier molecular flexibility index (Phi) is 7.49. The van der Waals surface area contributed by atoms with Crippen LogP contribution in [0.25, 0.3) is 0 Å². The first-order valence-corrected chi connectivity index (χ1v) is 4.99. The van der Waals surface area contributed by atoms with Crippen LogP contribution in [-0.2, 0) is 25.7 Å². The molecule has 7 heteroatoms. The molecular formula is C11H17ClN2O4. The van der Waals surface area contributed by atoms with Crippen LogP contribution in [0, 0.1) is 0 Å². The van der Waals surface area contributed by atoms with Crippen molar-refractivity contribution in [1.29, 1.82) is 0 Å². The minimum atomic E-state index is -1.70. The quantitative estimate of drug-likeness (QED) is 0.442. The van der Waals surface area contributed by atoms with Crippen LogP contribution in [-0.4, -0.2) is 25.4 Å². The lowest BCUT2D eigenvalue weighted by Gasteiger charge is -2.25. The van der Waals surface area contributed by atoms with Gasteiger partial charge in [0.1, 0.15) is 6.61 Å². The van der Waals surface area contributed by atoms with Crippen LogP contribution in [0.1, 0.15) is 5.56 Å². The van der Waals surface area contributed by atoms with Crippen molar-refractivity contribution in [2.75, 3.05) is 13.7 Å². The summed E-state index contributed by atoms with van der Waals surface area (Å²) < 4.78 is 9.84. The van der Waals surface area contributed by atoms with Crippen molar-refractivity contribution in [3.8, 4) is 0 Å². The Bertz CT molecular complexity index is 363. The van der Waals surface area contributed by atoms with Crippen LogP contribution < -0.4 is 11.6 Å². The SMILES string of the molecule is COC(=O)[C@](N)(CON)OCc1ccccc1.Cl. The van der Waals surface area contributed by atoms with Crippen LogP contribution in [0.3, 0.4) is 0 Å². The highest BCUT2D eigenvalue weighted by molar-refractivity contribution is 5.85. The number of esters is 1. The molecule has 1 atom stereocenters. The van der Waals surface area contributed by atoms with E-state index in [-0.39, 0.29) is 25.6 Å². The van der Waals surface area contributed by atoms with E-state index in [0.29, 0.717) is 0 Å². The summed E-state index contributed by atoms with van der Waals surface area (Å²) in [7, 11) is 1.21. The molecule has 0 aliphatic rings. The van der Waals surface area contributed by atoms with Crippen LogP contribution in [0.5, 0.6) is 0 Å². The van der Waals surface area contributed by atoms with Crippen molar-refractivity contribution >= 4 is 18.4 Å². The number of carbonyl (C=O) groups is 1. The molecule has 6 nitrogen and oxygen atoms in total. The molecule has 0 saturated heterocycles.